The molecule has 0 saturated heterocycles. The number of nitrogens with zero attached hydrogens (tertiary/aromatic N) is 1. The van der Waals surface area contributed by atoms with Crippen LogP contribution in [0.25, 0.3) is 0 Å². The molecule has 1 heterocycles. The average molecular weight is 357 g/mol. The van der Waals surface area contributed by atoms with E-state index in [0.29, 0.717) is 24.5 Å². The number of hydrogen-bond acceptors (Lipinski definition) is 5. The van der Waals surface area contributed by atoms with Gasteiger partial charge in [0.25, 0.3) is 0 Å². The normalized spacial score (nSPS) is 13.3. The third kappa shape index (κ3) is 6.15. The van der Waals surface area contributed by atoms with E-state index in [1.54, 1.807) is 19.2 Å². The van der Waals surface area contributed by atoms with Gasteiger partial charge in [0, 0.05) is 24.2 Å². The molecule has 0 amide bonds. The minimum atomic E-state index is -0.763. The minimum Gasteiger partial charge on any atom is -0.493 e. The molecule has 0 saturated carbocycles. The molecule has 2 atom stereocenters. The molecule has 26 heavy (non-hydrogen) atoms. The van der Waals surface area contributed by atoms with Gasteiger partial charge >= 0.3 is 0 Å². The van der Waals surface area contributed by atoms with Gasteiger partial charge in [-0.25, -0.2) is 4.98 Å². The lowest BCUT2D eigenvalue weighted by molar-refractivity contribution is -0.118. The number of carbonyl (C=O) groups excluding carboxylic acids is 1. The Hall–Kier alpha value is -2.40. The molecule has 0 radical (unpaired) electrons. The van der Waals surface area contributed by atoms with Crippen molar-refractivity contribution in [2.45, 2.75) is 46.3 Å². The van der Waals surface area contributed by atoms with Crippen molar-refractivity contribution in [1.29, 1.82) is 0 Å². The Labute approximate surface area is 155 Å². The maximum absolute atomic E-state index is 11.1. The van der Waals surface area contributed by atoms with Gasteiger partial charge in [0.05, 0.1) is 12.7 Å². The standard InChI is InChI=1S/C21H27NO4/c1-14(2)26-20-10-7-18(12-22-20)21(24)17-5-8-19(9-6-17)25-13-15(3)11-16(4)23/h5-10,12,14-15,21,24H,11,13H2,1-4H3/t15-,21?/m1/s1. The summed E-state index contributed by atoms with van der Waals surface area (Å²) in [4.78, 5) is 15.3. The zero-order valence-corrected chi connectivity index (χ0v) is 15.8. The predicted octanol–water partition coefficient (Wildman–Crippen LogP) is 3.94. The van der Waals surface area contributed by atoms with Gasteiger partial charge in [-0.1, -0.05) is 19.1 Å². The number of ketones is 1. The van der Waals surface area contributed by atoms with E-state index in [4.69, 9.17) is 9.47 Å². The lowest BCUT2D eigenvalue weighted by Crippen LogP contribution is -2.11. The molecule has 2 aromatic rings. The van der Waals surface area contributed by atoms with Gasteiger partial charge in [-0.2, -0.15) is 0 Å². The third-order valence-corrected chi connectivity index (χ3v) is 3.80. The Morgan fingerprint density at radius 2 is 1.73 bits per heavy atom. The lowest BCUT2D eigenvalue weighted by Gasteiger charge is -2.15. The third-order valence-electron chi connectivity index (χ3n) is 3.80. The first-order valence-corrected chi connectivity index (χ1v) is 8.88. The van der Waals surface area contributed by atoms with Crippen molar-refractivity contribution < 1.29 is 19.4 Å². The Balaban J connectivity index is 1.95. The molecule has 0 aliphatic carbocycles. The van der Waals surface area contributed by atoms with Crippen LogP contribution in [0.4, 0.5) is 0 Å². The van der Waals surface area contributed by atoms with Crippen LogP contribution in [0.3, 0.4) is 0 Å². The first kappa shape index (κ1) is 19.9. The summed E-state index contributed by atoms with van der Waals surface area (Å²) < 4.78 is 11.2. The van der Waals surface area contributed by atoms with Crippen LogP contribution in [0.1, 0.15) is 51.3 Å². The molecule has 1 unspecified atom stereocenters. The second-order valence-corrected chi connectivity index (χ2v) is 6.89. The summed E-state index contributed by atoms with van der Waals surface area (Å²) in [6.07, 6.45) is 1.43. The van der Waals surface area contributed by atoms with Crippen LogP contribution in [0.5, 0.6) is 11.6 Å². The van der Waals surface area contributed by atoms with Gasteiger partial charge in [0.2, 0.25) is 5.88 Å². The summed E-state index contributed by atoms with van der Waals surface area (Å²) in [6.45, 7) is 7.94. The van der Waals surface area contributed by atoms with Crippen molar-refractivity contribution in [1.82, 2.24) is 4.98 Å². The second kappa shape index (κ2) is 9.34. The van der Waals surface area contributed by atoms with Crippen LogP contribution in [0.15, 0.2) is 42.6 Å². The first-order valence-electron chi connectivity index (χ1n) is 8.88. The Morgan fingerprint density at radius 1 is 1.08 bits per heavy atom. The quantitative estimate of drug-likeness (QED) is 0.736. The smallest absolute Gasteiger partial charge is 0.213 e. The Kier molecular flexibility index (Phi) is 7.16. The van der Waals surface area contributed by atoms with Gasteiger partial charge < -0.3 is 19.4 Å². The SMILES string of the molecule is CC(=O)C[C@@H](C)COc1ccc(C(O)c2ccc(OC(C)C)nc2)cc1. The van der Waals surface area contributed by atoms with Crippen molar-refractivity contribution in [2.24, 2.45) is 5.92 Å². The molecule has 1 aromatic carbocycles. The zero-order chi connectivity index (χ0) is 19.1. The summed E-state index contributed by atoms with van der Waals surface area (Å²) in [5, 5.41) is 10.5. The van der Waals surface area contributed by atoms with Gasteiger partial charge in [-0.15, -0.1) is 0 Å². The number of rotatable bonds is 9. The van der Waals surface area contributed by atoms with Crippen LogP contribution in [-0.4, -0.2) is 28.6 Å². The molecule has 0 fully saturated rings. The number of pyridine rings is 1. The maximum atomic E-state index is 11.1. The minimum absolute atomic E-state index is 0.0592. The van der Waals surface area contributed by atoms with E-state index >= 15 is 0 Å². The van der Waals surface area contributed by atoms with Crippen molar-refractivity contribution in [3.05, 3.63) is 53.7 Å². The molecule has 1 aromatic heterocycles. The van der Waals surface area contributed by atoms with E-state index in [-0.39, 0.29) is 17.8 Å². The molecule has 0 spiro atoms. The monoisotopic (exact) mass is 357 g/mol. The van der Waals surface area contributed by atoms with Crippen LogP contribution >= 0.6 is 0 Å². The average Bonchev–Trinajstić information content (AvgIpc) is 2.59. The lowest BCUT2D eigenvalue weighted by atomic mass is 10.0. The van der Waals surface area contributed by atoms with Crippen molar-refractivity contribution in [2.75, 3.05) is 6.61 Å². The van der Waals surface area contributed by atoms with Crippen LogP contribution in [0, 0.1) is 5.92 Å². The summed E-state index contributed by atoms with van der Waals surface area (Å²) in [7, 11) is 0. The van der Waals surface area contributed by atoms with Gasteiger partial charge in [-0.3, -0.25) is 0 Å². The van der Waals surface area contributed by atoms with Gasteiger partial charge in [0.1, 0.15) is 17.6 Å². The fourth-order valence-corrected chi connectivity index (χ4v) is 2.59. The van der Waals surface area contributed by atoms with Crippen LogP contribution in [-0.2, 0) is 4.79 Å². The van der Waals surface area contributed by atoms with E-state index in [0.717, 1.165) is 11.3 Å². The predicted molar refractivity (Wildman–Crippen MR) is 100 cm³/mol. The molecule has 140 valence electrons. The Morgan fingerprint density at radius 3 is 2.27 bits per heavy atom. The van der Waals surface area contributed by atoms with Crippen molar-refractivity contribution in [3.63, 3.8) is 0 Å². The fraction of sp³-hybridized carbons (Fsp3) is 0.429. The van der Waals surface area contributed by atoms with Crippen LogP contribution < -0.4 is 9.47 Å². The van der Waals surface area contributed by atoms with E-state index in [1.165, 1.54) is 0 Å². The molecule has 2 rings (SSSR count). The molecule has 0 aliphatic rings. The van der Waals surface area contributed by atoms with Crippen molar-refractivity contribution in [3.8, 4) is 11.6 Å². The van der Waals surface area contributed by atoms with E-state index in [2.05, 4.69) is 4.98 Å². The highest BCUT2D eigenvalue weighted by Crippen LogP contribution is 2.25. The zero-order valence-electron chi connectivity index (χ0n) is 15.8. The number of Topliss-reactive ketones (excluding diaryl/α,β-unsaturated/α-hetero) is 1. The molecule has 0 aliphatic heterocycles. The van der Waals surface area contributed by atoms with Crippen LogP contribution in [0.2, 0.25) is 0 Å². The number of ether oxygens (including phenoxy) is 2. The molecule has 1 N–H and O–H groups in total. The summed E-state index contributed by atoms with van der Waals surface area (Å²) >= 11 is 0. The van der Waals surface area contributed by atoms with Crippen molar-refractivity contribution >= 4 is 5.78 Å². The largest absolute Gasteiger partial charge is 0.493 e. The highest BCUT2D eigenvalue weighted by atomic mass is 16.5. The van der Waals surface area contributed by atoms with Gasteiger partial charge in [0.15, 0.2) is 0 Å². The number of aliphatic hydroxyl groups is 1. The fourth-order valence-electron chi connectivity index (χ4n) is 2.59. The highest BCUT2D eigenvalue weighted by Gasteiger charge is 2.12. The van der Waals surface area contributed by atoms with E-state index in [1.807, 2.05) is 51.1 Å². The number of benzene rings is 1. The number of aliphatic hydroxyl groups excluding tert-OH is 1. The topological polar surface area (TPSA) is 68.7 Å². The molecule has 0 bridgehead atoms. The summed E-state index contributed by atoms with van der Waals surface area (Å²) in [6, 6.07) is 10.9. The number of carbonyl (C=O) groups is 1. The maximum Gasteiger partial charge on any atom is 0.213 e. The summed E-state index contributed by atoms with van der Waals surface area (Å²) in [5.74, 6) is 1.60. The van der Waals surface area contributed by atoms with Gasteiger partial charge in [-0.05, 0) is 50.5 Å². The molecule has 5 heteroatoms. The first-order chi connectivity index (χ1) is 12.3. The van der Waals surface area contributed by atoms with E-state index < -0.39 is 6.10 Å². The number of hydrogen-bond donors (Lipinski definition) is 1. The molecule has 5 nitrogen and oxygen atoms in total. The molecular formula is C21H27NO4. The number of aromatic nitrogens is 1. The summed E-state index contributed by atoms with van der Waals surface area (Å²) in [5.41, 5.74) is 1.46. The molecular weight excluding hydrogens is 330 g/mol. The second-order valence-electron chi connectivity index (χ2n) is 6.89. The van der Waals surface area contributed by atoms with E-state index in [9.17, 15) is 9.90 Å². The Bertz CT molecular complexity index is 695. The highest BCUT2D eigenvalue weighted by molar-refractivity contribution is 5.75.